The fraction of sp³-hybridized carbons (Fsp3) is 0.250. The van der Waals surface area contributed by atoms with Crippen LogP contribution in [0.15, 0.2) is 12.1 Å². The Hall–Kier alpha value is -0.340. The molecule has 1 rings (SSSR count). The zero-order valence-corrected chi connectivity index (χ0v) is 7.78. The molecular weight excluding hydrogens is 180 g/mol. The van der Waals surface area contributed by atoms with Gasteiger partial charge in [-0.2, -0.15) is 12.6 Å². The molecular formula is C8H9ClOS. The molecule has 3 heteroatoms. The first-order valence-electron chi connectivity index (χ1n) is 3.24. The van der Waals surface area contributed by atoms with Gasteiger partial charge in [-0.05, 0) is 30.2 Å². The molecule has 0 radical (unpaired) electrons. The molecule has 0 aliphatic rings. The van der Waals surface area contributed by atoms with Crippen LogP contribution in [0, 0.1) is 6.92 Å². The highest BCUT2D eigenvalue weighted by Gasteiger charge is 2.02. The van der Waals surface area contributed by atoms with Gasteiger partial charge in [-0.25, -0.2) is 0 Å². The normalized spacial score (nSPS) is 10.1. The monoisotopic (exact) mass is 188 g/mol. The van der Waals surface area contributed by atoms with Crippen LogP contribution < -0.4 is 0 Å². The molecule has 1 N–H and O–H groups in total. The maximum atomic E-state index is 9.26. The third-order valence-corrected chi connectivity index (χ3v) is 2.23. The van der Waals surface area contributed by atoms with E-state index in [1.165, 1.54) is 0 Å². The summed E-state index contributed by atoms with van der Waals surface area (Å²) in [6.07, 6.45) is 0. The lowest BCUT2D eigenvalue weighted by Crippen LogP contribution is -1.82. The van der Waals surface area contributed by atoms with E-state index >= 15 is 0 Å². The predicted molar refractivity (Wildman–Crippen MR) is 50.5 cm³/mol. The molecule has 0 spiro atoms. The number of phenols is 1. The number of aryl methyl sites for hydroxylation is 1. The van der Waals surface area contributed by atoms with Crippen molar-refractivity contribution in [1.82, 2.24) is 0 Å². The molecule has 0 amide bonds. The van der Waals surface area contributed by atoms with Gasteiger partial charge in [0.15, 0.2) is 0 Å². The first kappa shape index (κ1) is 8.75. The molecule has 11 heavy (non-hydrogen) atoms. The summed E-state index contributed by atoms with van der Waals surface area (Å²) in [7, 11) is 0. The van der Waals surface area contributed by atoms with Gasteiger partial charge in [-0.3, -0.25) is 0 Å². The Bertz CT molecular complexity index is 273. The van der Waals surface area contributed by atoms with Crippen molar-refractivity contribution in [2.75, 3.05) is 0 Å². The summed E-state index contributed by atoms with van der Waals surface area (Å²) in [5.41, 5.74) is 1.65. The van der Waals surface area contributed by atoms with Crippen LogP contribution in [-0.2, 0) is 5.75 Å². The van der Waals surface area contributed by atoms with Crippen LogP contribution in [0.25, 0.3) is 0 Å². The number of thiol groups is 1. The minimum atomic E-state index is 0.276. The number of halogens is 1. The van der Waals surface area contributed by atoms with E-state index in [2.05, 4.69) is 12.6 Å². The molecule has 0 saturated heterocycles. The van der Waals surface area contributed by atoms with E-state index in [4.69, 9.17) is 11.6 Å². The maximum Gasteiger partial charge on any atom is 0.118 e. The lowest BCUT2D eigenvalue weighted by Gasteiger charge is -2.03. The van der Waals surface area contributed by atoms with Gasteiger partial charge in [-0.1, -0.05) is 11.6 Å². The van der Waals surface area contributed by atoms with Crippen molar-refractivity contribution in [3.05, 3.63) is 28.3 Å². The van der Waals surface area contributed by atoms with E-state index in [-0.39, 0.29) is 5.75 Å². The summed E-state index contributed by atoms with van der Waals surface area (Å²) in [6.45, 7) is 1.81. The fourth-order valence-electron chi connectivity index (χ4n) is 0.826. The van der Waals surface area contributed by atoms with Crippen molar-refractivity contribution in [3.63, 3.8) is 0 Å². The Balaban J connectivity index is 3.21. The molecule has 0 aliphatic heterocycles. The highest BCUT2D eigenvalue weighted by atomic mass is 35.5. The number of aromatic hydroxyl groups is 1. The first-order chi connectivity index (χ1) is 5.15. The standard InChI is InChI=1S/C8H9ClOS/c1-5-2-7(9)6(4-11)3-8(5)10/h2-3,10-11H,4H2,1H3. The summed E-state index contributed by atoms with van der Waals surface area (Å²) in [6, 6.07) is 3.38. The van der Waals surface area contributed by atoms with Crippen molar-refractivity contribution in [1.29, 1.82) is 0 Å². The van der Waals surface area contributed by atoms with E-state index in [0.29, 0.717) is 10.8 Å². The molecule has 60 valence electrons. The highest BCUT2D eigenvalue weighted by molar-refractivity contribution is 7.79. The molecule has 0 aliphatic carbocycles. The zero-order chi connectivity index (χ0) is 8.43. The van der Waals surface area contributed by atoms with Gasteiger partial charge in [0.05, 0.1) is 0 Å². The van der Waals surface area contributed by atoms with Crippen LogP contribution in [0.3, 0.4) is 0 Å². The second-order valence-corrected chi connectivity index (χ2v) is 3.11. The van der Waals surface area contributed by atoms with E-state index in [1.807, 2.05) is 6.92 Å². The zero-order valence-electron chi connectivity index (χ0n) is 6.13. The van der Waals surface area contributed by atoms with E-state index in [1.54, 1.807) is 12.1 Å². The fourth-order valence-corrected chi connectivity index (χ4v) is 1.47. The molecule has 1 nitrogen and oxygen atoms in total. The summed E-state index contributed by atoms with van der Waals surface area (Å²) in [4.78, 5) is 0. The quantitative estimate of drug-likeness (QED) is 0.650. The van der Waals surface area contributed by atoms with Crippen molar-refractivity contribution in [3.8, 4) is 5.75 Å². The summed E-state index contributed by atoms with van der Waals surface area (Å²) >= 11 is 9.91. The van der Waals surface area contributed by atoms with Crippen molar-refractivity contribution in [2.45, 2.75) is 12.7 Å². The lowest BCUT2D eigenvalue weighted by atomic mass is 10.1. The molecule has 0 atom stereocenters. The van der Waals surface area contributed by atoms with Crippen LogP contribution >= 0.6 is 24.2 Å². The Morgan fingerprint density at radius 1 is 1.55 bits per heavy atom. The molecule has 0 unspecified atom stereocenters. The Labute approximate surface area is 76.4 Å². The first-order valence-corrected chi connectivity index (χ1v) is 4.25. The third-order valence-electron chi connectivity index (χ3n) is 1.54. The van der Waals surface area contributed by atoms with Gasteiger partial charge < -0.3 is 5.11 Å². The summed E-state index contributed by atoms with van der Waals surface area (Å²) in [5.74, 6) is 0.825. The lowest BCUT2D eigenvalue weighted by molar-refractivity contribution is 0.470. The van der Waals surface area contributed by atoms with Crippen molar-refractivity contribution < 1.29 is 5.11 Å². The highest BCUT2D eigenvalue weighted by Crippen LogP contribution is 2.26. The number of hydrogen-bond acceptors (Lipinski definition) is 2. The number of hydrogen-bond donors (Lipinski definition) is 2. The van der Waals surface area contributed by atoms with Crippen molar-refractivity contribution in [2.24, 2.45) is 0 Å². The average molecular weight is 189 g/mol. The summed E-state index contributed by atoms with van der Waals surface area (Å²) < 4.78 is 0. The minimum absolute atomic E-state index is 0.276. The number of rotatable bonds is 1. The van der Waals surface area contributed by atoms with E-state index in [9.17, 15) is 5.11 Å². The molecule has 0 heterocycles. The van der Waals surface area contributed by atoms with Gasteiger partial charge in [0.2, 0.25) is 0 Å². The minimum Gasteiger partial charge on any atom is -0.508 e. The largest absolute Gasteiger partial charge is 0.508 e. The molecule has 0 bridgehead atoms. The van der Waals surface area contributed by atoms with Crippen LogP contribution in [0.2, 0.25) is 5.02 Å². The second kappa shape index (κ2) is 3.37. The van der Waals surface area contributed by atoms with E-state index < -0.39 is 0 Å². The Morgan fingerprint density at radius 2 is 2.18 bits per heavy atom. The van der Waals surface area contributed by atoms with Crippen LogP contribution in [0.5, 0.6) is 5.75 Å². The van der Waals surface area contributed by atoms with Gasteiger partial charge in [0, 0.05) is 10.8 Å². The number of benzene rings is 1. The summed E-state index contributed by atoms with van der Waals surface area (Å²) in [5, 5.41) is 9.93. The maximum absolute atomic E-state index is 9.26. The van der Waals surface area contributed by atoms with Gasteiger partial charge in [0.25, 0.3) is 0 Å². The molecule has 1 aromatic carbocycles. The number of phenolic OH excluding ortho intramolecular Hbond substituents is 1. The van der Waals surface area contributed by atoms with Crippen molar-refractivity contribution >= 4 is 24.2 Å². The molecule has 0 fully saturated rings. The SMILES string of the molecule is Cc1cc(Cl)c(CS)cc1O. The smallest absolute Gasteiger partial charge is 0.118 e. The van der Waals surface area contributed by atoms with Gasteiger partial charge >= 0.3 is 0 Å². The Kier molecular flexibility index (Phi) is 2.68. The van der Waals surface area contributed by atoms with Crippen LogP contribution in [-0.4, -0.2) is 5.11 Å². The van der Waals surface area contributed by atoms with Crippen LogP contribution in [0.4, 0.5) is 0 Å². The molecule has 1 aromatic rings. The predicted octanol–water partition coefficient (Wildman–Crippen LogP) is 2.78. The Morgan fingerprint density at radius 3 is 2.73 bits per heavy atom. The molecule has 0 saturated carbocycles. The van der Waals surface area contributed by atoms with Gasteiger partial charge in [-0.15, -0.1) is 0 Å². The molecule has 0 aromatic heterocycles. The van der Waals surface area contributed by atoms with E-state index in [0.717, 1.165) is 11.1 Å². The average Bonchev–Trinajstić information content (AvgIpc) is 1.97. The van der Waals surface area contributed by atoms with Gasteiger partial charge in [0.1, 0.15) is 5.75 Å². The van der Waals surface area contributed by atoms with Crippen LogP contribution in [0.1, 0.15) is 11.1 Å². The topological polar surface area (TPSA) is 20.2 Å². The third kappa shape index (κ3) is 1.82. The second-order valence-electron chi connectivity index (χ2n) is 2.39.